The second-order valence-corrected chi connectivity index (χ2v) is 7.83. The molecule has 0 aliphatic rings. The van der Waals surface area contributed by atoms with Gasteiger partial charge in [-0.05, 0) is 23.8 Å². The third-order valence-electron chi connectivity index (χ3n) is 4.36. The zero-order chi connectivity index (χ0) is 22.2. The highest BCUT2D eigenvalue weighted by atomic mass is 35.5. The van der Waals surface area contributed by atoms with E-state index in [0.717, 1.165) is 0 Å². The van der Waals surface area contributed by atoms with E-state index in [4.69, 9.17) is 16.3 Å². The van der Waals surface area contributed by atoms with Crippen molar-refractivity contribution in [2.45, 2.75) is 18.9 Å². The quantitative estimate of drug-likeness (QED) is 0.498. The van der Waals surface area contributed by atoms with Crippen molar-refractivity contribution in [3.63, 3.8) is 0 Å². The summed E-state index contributed by atoms with van der Waals surface area (Å²) < 4.78 is 4.73. The number of anilines is 1. The first-order chi connectivity index (χ1) is 15.0. The fourth-order valence-electron chi connectivity index (χ4n) is 2.86. The van der Waals surface area contributed by atoms with Gasteiger partial charge in [0, 0.05) is 16.0 Å². The van der Waals surface area contributed by atoms with Crippen LogP contribution in [0.1, 0.15) is 34.1 Å². The smallest absolute Gasteiger partial charge is 0.307 e. The van der Waals surface area contributed by atoms with Crippen molar-refractivity contribution in [2.24, 2.45) is 0 Å². The van der Waals surface area contributed by atoms with Crippen LogP contribution in [0.5, 0.6) is 0 Å². The van der Waals surface area contributed by atoms with Crippen LogP contribution in [0.25, 0.3) is 0 Å². The molecule has 2 aromatic carbocycles. The molecule has 1 heterocycles. The average molecular weight is 458 g/mol. The van der Waals surface area contributed by atoms with Gasteiger partial charge < -0.3 is 10.1 Å². The van der Waals surface area contributed by atoms with Crippen LogP contribution >= 0.6 is 22.9 Å². The van der Waals surface area contributed by atoms with Crippen molar-refractivity contribution in [2.75, 3.05) is 12.4 Å². The molecule has 3 rings (SSSR count). The highest BCUT2D eigenvalue weighted by Crippen LogP contribution is 2.26. The Labute approximate surface area is 188 Å². The minimum atomic E-state index is -0.635. The van der Waals surface area contributed by atoms with Crippen LogP contribution in [0.15, 0.2) is 60.0 Å². The van der Waals surface area contributed by atoms with Crippen molar-refractivity contribution in [1.82, 2.24) is 10.3 Å². The second kappa shape index (κ2) is 10.7. The normalized spacial score (nSPS) is 11.4. The number of carbonyl (C=O) groups excluding carboxylic acids is 3. The number of rotatable bonds is 8. The van der Waals surface area contributed by atoms with E-state index in [-0.39, 0.29) is 24.7 Å². The first kappa shape index (κ1) is 22.5. The molecule has 0 radical (unpaired) electrons. The SMILES string of the molecule is COC(=O)CC(NC(=O)Cc1csc(NC(=O)c2ccccc2)n1)c1ccccc1Cl. The molecule has 0 aliphatic carbocycles. The van der Waals surface area contributed by atoms with E-state index < -0.39 is 12.0 Å². The number of nitrogens with one attached hydrogen (secondary N) is 2. The number of halogens is 1. The molecule has 160 valence electrons. The number of esters is 1. The molecule has 0 aliphatic heterocycles. The fraction of sp³-hybridized carbons (Fsp3) is 0.182. The Morgan fingerprint density at radius 3 is 2.52 bits per heavy atom. The van der Waals surface area contributed by atoms with Crippen LogP contribution in [0.4, 0.5) is 5.13 Å². The summed E-state index contributed by atoms with van der Waals surface area (Å²) in [6.45, 7) is 0. The molecule has 3 aromatic rings. The zero-order valence-corrected chi connectivity index (χ0v) is 18.2. The maximum Gasteiger partial charge on any atom is 0.307 e. The van der Waals surface area contributed by atoms with Gasteiger partial charge in [0.1, 0.15) is 0 Å². The van der Waals surface area contributed by atoms with E-state index in [1.807, 2.05) is 6.07 Å². The predicted molar refractivity (Wildman–Crippen MR) is 119 cm³/mol. The number of nitrogens with zero attached hydrogens (tertiary/aromatic N) is 1. The van der Waals surface area contributed by atoms with Gasteiger partial charge in [-0.3, -0.25) is 19.7 Å². The number of hydrogen-bond donors (Lipinski definition) is 2. The molecule has 0 spiro atoms. The van der Waals surface area contributed by atoms with Crippen LogP contribution < -0.4 is 10.6 Å². The van der Waals surface area contributed by atoms with Crippen molar-refractivity contribution in [3.8, 4) is 0 Å². The van der Waals surface area contributed by atoms with Crippen LogP contribution in [0.3, 0.4) is 0 Å². The largest absolute Gasteiger partial charge is 0.469 e. The monoisotopic (exact) mass is 457 g/mol. The Kier molecular flexibility index (Phi) is 7.75. The number of ether oxygens (including phenoxy) is 1. The molecule has 1 atom stereocenters. The molecule has 2 N–H and O–H groups in total. The van der Waals surface area contributed by atoms with Gasteiger partial charge in [0.25, 0.3) is 5.91 Å². The molecule has 1 unspecified atom stereocenters. The molecule has 0 fully saturated rings. The fourth-order valence-corrected chi connectivity index (χ4v) is 3.83. The van der Waals surface area contributed by atoms with Gasteiger partial charge in [0.05, 0.1) is 31.7 Å². The first-order valence-corrected chi connectivity index (χ1v) is 10.6. The first-order valence-electron chi connectivity index (χ1n) is 9.37. The molecule has 2 amide bonds. The van der Waals surface area contributed by atoms with Crippen molar-refractivity contribution in [3.05, 3.63) is 81.8 Å². The summed E-state index contributed by atoms with van der Waals surface area (Å²) in [4.78, 5) is 40.9. The molecule has 0 saturated heterocycles. The topological polar surface area (TPSA) is 97.4 Å². The second-order valence-electron chi connectivity index (χ2n) is 6.56. The van der Waals surface area contributed by atoms with Gasteiger partial charge >= 0.3 is 5.97 Å². The number of carbonyl (C=O) groups is 3. The molecule has 0 bridgehead atoms. The molecular weight excluding hydrogens is 438 g/mol. The lowest BCUT2D eigenvalue weighted by molar-refractivity contribution is -0.141. The van der Waals surface area contributed by atoms with Crippen molar-refractivity contribution >= 4 is 45.9 Å². The highest BCUT2D eigenvalue weighted by molar-refractivity contribution is 7.14. The van der Waals surface area contributed by atoms with E-state index in [1.54, 1.807) is 53.9 Å². The lowest BCUT2D eigenvalue weighted by Gasteiger charge is -2.19. The average Bonchev–Trinajstić information content (AvgIpc) is 3.20. The zero-order valence-electron chi connectivity index (χ0n) is 16.6. The van der Waals surface area contributed by atoms with Gasteiger partial charge in [-0.2, -0.15) is 0 Å². The van der Waals surface area contributed by atoms with Crippen LogP contribution in [-0.2, 0) is 20.7 Å². The molecule has 31 heavy (non-hydrogen) atoms. The lowest BCUT2D eigenvalue weighted by atomic mass is 10.0. The predicted octanol–water partition coefficient (Wildman–Crippen LogP) is 4.01. The summed E-state index contributed by atoms with van der Waals surface area (Å²) in [6.07, 6.45) is -0.0682. The lowest BCUT2D eigenvalue weighted by Crippen LogP contribution is -2.32. The number of aromatic nitrogens is 1. The standard InChI is InChI=1S/C22H20ClN3O4S/c1-30-20(28)12-18(16-9-5-6-10-17(16)23)25-19(27)11-15-13-31-22(24-15)26-21(29)14-7-3-2-4-8-14/h2-10,13,18H,11-12H2,1H3,(H,25,27)(H,24,26,29). The Balaban J connectivity index is 1.64. The summed E-state index contributed by atoms with van der Waals surface area (Å²) in [7, 11) is 1.29. The summed E-state index contributed by atoms with van der Waals surface area (Å²) in [5.74, 6) is -1.08. The number of hydrogen-bond acceptors (Lipinski definition) is 6. The van der Waals surface area contributed by atoms with Crippen molar-refractivity contribution < 1.29 is 19.1 Å². The third kappa shape index (κ3) is 6.37. The summed E-state index contributed by atoms with van der Waals surface area (Å²) in [5.41, 5.74) is 1.64. The van der Waals surface area contributed by atoms with Gasteiger partial charge in [0.2, 0.25) is 5.91 Å². The van der Waals surface area contributed by atoms with Crippen molar-refractivity contribution in [1.29, 1.82) is 0 Å². The van der Waals surface area contributed by atoms with Crippen LogP contribution in [0.2, 0.25) is 5.02 Å². The molecule has 7 nitrogen and oxygen atoms in total. The van der Waals surface area contributed by atoms with Gasteiger partial charge in [-0.25, -0.2) is 4.98 Å². The Hall–Kier alpha value is -3.23. The highest BCUT2D eigenvalue weighted by Gasteiger charge is 2.21. The van der Waals surface area contributed by atoms with E-state index in [0.29, 0.717) is 27.0 Å². The molecule has 1 aromatic heterocycles. The Morgan fingerprint density at radius 2 is 1.81 bits per heavy atom. The van der Waals surface area contributed by atoms with E-state index in [9.17, 15) is 14.4 Å². The summed E-state index contributed by atoms with van der Waals surface area (Å²) in [5, 5.41) is 8.07. The molecule has 0 saturated carbocycles. The Bertz CT molecular complexity index is 1070. The minimum Gasteiger partial charge on any atom is -0.469 e. The summed E-state index contributed by atoms with van der Waals surface area (Å²) in [6, 6.07) is 15.1. The molecule has 9 heteroatoms. The maximum atomic E-state index is 12.6. The number of thiazole rings is 1. The Morgan fingerprint density at radius 1 is 1.10 bits per heavy atom. The van der Waals surface area contributed by atoms with Gasteiger partial charge in [-0.15, -0.1) is 11.3 Å². The van der Waals surface area contributed by atoms with Gasteiger partial charge in [-0.1, -0.05) is 48.0 Å². The van der Waals surface area contributed by atoms with E-state index in [1.165, 1.54) is 18.4 Å². The van der Waals surface area contributed by atoms with Crippen LogP contribution in [-0.4, -0.2) is 29.9 Å². The van der Waals surface area contributed by atoms with Gasteiger partial charge in [0.15, 0.2) is 5.13 Å². The van der Waals surface area contributed by atoms with E-state index >= 15 is 0 Å². The number of benzene rings is 2. The third-order valence-corrected chi connectivity index (χ3v) is 5.51. The van der Waals surface area contributed by atoms with E-state index in [2.05, 4.69) is 15.6 Å². The van der Waals surface area contributed by atoms with Crippen LogP contribution in [0, 0.1) is 0 Å². The summed E-state index contributed by atoms with van der Waals surface area (Å²) >= 11 is 7.47. The maximum absolute atomic E-state index is 12.6. The minimum absolute atomic E-state index is 0.0141. The molecular formula is C22H20ClN3O4S. The number of methoxy groups -OCH3 is 1. The number of amides is 2.